The Balaban J connectivity index is 1.82. The first-order chi connectivity index (χ1) is 15.3. The molecule has 0 aliphatic rings. The van der Waals surface area contributed by atoms with Crippen molar-refractivity contribution in [2.24, 2.45) is 0 Å². The van der Waals surface area contributed by atoms with Crippen LogP contribution in [0.15, 0.2) is 42.5 Å². The number of amides is 3. The van der Waals surface area contributed by atoms with Crippen LogP contribution in [0.3, 0.4) is 0 Å². The fourth-order valence-corrected chi connectivity index (χ4v) is 3.75. The van der Waals surface area contributed by atoms with Crippen molar-refractivity contribution in [2.75, 3.05) is 25.1 Å². The van der Waals surface area contributed by atoms with Gasteiger partial charge in [-0.2, -0.15) is 11.8 Å². The molecule has 0 heterocycles. The van der Waals surface area contributed by atoms with Gasteiger partial charge in [0.2, 0.25) is 5.91 Å². The summed E-state index contributed by atoms with van der Waals surface area (Å²) in [5.41, 5.74) is 0.599. The van der Waals surface area contributed by atoms with Gasteiger partial charge in [-0.15, -0.1) is 0 Å². The maximum atomic E-state index is 12.6. The van der Waals surface area contributed by atoms with E-state index in [-0.39, 0.29) is 28.1 Å². The molecule has 0 aliphatic carbocycles. The van der Waals surface area contributed by atoms with Gasteiger partial charge in [-0.1, -0.05) is 29.3 Å². The lowest BCUT2D eigenvalue weighted by Gasteiger charge is -2.18. The summed E-state index contributed by atoms with van der Waals surface area (Å²) in [6.45, 7) is 0.670. The Hall–Kier alpha value is -2.42. The third-order valence-corrected chi connectivity index (χ3v) is 5.65. The van der Waals surface area contributed by atoms with Gasteiger partial charge in [0, 0.05) is 23.7 Å². The van der Waals surface area contributed by atoms with Gasteiger partial charge >= 0.3 is 0 Å². The molecule has 1 atom stereocenters. The van der Waals surface area contributed by atoms with Gasteiger partial charge in [0.1, 0.15) is 11.8 Å². The number of rotatable bonds is 11. The van der Waals surface area contributed by atoms with Crippen LogP contribution < -0.4 is 16.0 Å². The van der Waals surface area contributed by atoms with Crippen molar-refractivity contribution >= 4 is 52.7 Å². The zero-order valence-electron chi connectivity index (χ0n) is 17.5. The van der Waals surface area contributed by atoms with Crippen LogP contribution >= 0.6 is 35.0 Å². The fraction of sp³-hybridized carbons (Fsp3) is 0.318. The summed E-state index contributed by atoms with van der Waals surface area (Å²) in [4.78, 5) is 37.2. The highest BCUT2D eigenvalue weighted by Gasteiger charge is 2.22. The summed E-state index contributed by atoms with van der Waals surface area (Å²) in [5, 5.41) is 18.3. The zero-order valence-corrected chi connectivity index (χ0v) is 19.8. The summed E-state index contributed by atoms with van der Waals surface area (Å²) >= 11 is 13.5. The number of phenols is 1. The molecule has 172 valence electrons. The molecule has 0 spiro atoms. The maximum Gasteiger partial charge on any atom is 0.253 e. The normalized spacial score (nSPS) is 11.5. The Morgan fingerprint density at radius 1 is 1.03 bits per heavy atom. The van der Waals surface area contributed by atoms with E-state index in [0.29, 0.717) is 42.3 Å². The van der Waals surface area contributed by atoms with Crippen LogP contribution in [0.2, 0.25) is 10.0 Å². The van der Waals surface area contributed by atoms with Crippen molar-refractivity contribution < 1.29 is 19.5 Å². The van der Waals surface area contributed by atoms with Gasteiger partial charge in [0.15, 0.2) is 0 Å². The van der Waals surface area contributed by atoms with Crippen LogP contribution in [0.1, 0.15) is 33.6 Å². The lowest BCUT2D eigenvalue weighted by molar-refractivity contribution is -0.123. The number of carbonyl (C=O) groups is 3. The highest BCUT2D eigenvalue weighted by atomic mass is 35.5. The van der Waals surface area contributed by atoms with Gasteiger partial charge in [-0.05, 0) is 61.2 Å². The van der Waals surface area contributed by atoms with Crippen LogP contribution in [0.4, 0.5) is 0 Å². The minimum absolute atomic E-state index is 0.0168. The van der Waals surface area contributed by atoms with Gasteiger partial charge in [-0.3, -0.25) is 14.4 Å². The second kappa shape index (κ2) is 13.2. The van der Waals surface area contributed by atoms with E-state index in [0.717, 1.165) is 0 Å². The fourth-order valence-electron chi connectivity index (χ4n) is 2.79. The predicted octanol–water partition coefficient (Wildman–Crippen LogP) is 3.49. The van der Waals surface area contributed by atoms with E-state index in [1.807, 2.05) is 6.26 Å². The van der Waals surface area contributed by atoms with Crippen molar-refractivity contribution in [1.29, 1.82) is 0 Å². The van der Waals surface area contributed by atoms with E-state index in [1.54, 1.807) is 30.0 Å². The average molecular weight is 498 g/mol. The number of phenolic OH excluding ortho intramolecular Hbond substituents is 1. The third kappa shape index (κ3) is 8.26. The van der Waals surface area contributed by atoms with Gasteiger partial charge < -0.3 is 21.1 Å². The smallest absolute Gasteiger partial charge is 0.253 e. The van der Waals surface area contributed by atoms with E-state index in [2.05, 4.69) is 16.0 Å². The van der Waals surface area contributed by atoms with Crippen molar-refractivity contribution in [1.82, 2.24) is 16.0 Å². The van der Waals surface area contributed by atoms with Crippen LogP contribution in [0.5, 0.6) is 5.75 Å². The topological polar surface area (TPSA) is 108 Å². The molecule has 0 aromatic heterocycles. The minimum atomic E-state index is -0.719. The molecule has 0 bridgehead atoms. The summed E-state index contributed by atoms with van der Waals surface area (Å²) < 4.78 is 0. The largest absolute Gasteiger partial charge is 0.508 e. The molecule has 2 aromatic rings. The number of hydrogen-bond donors (Lipinski definition) is 4. The molecule has 3 amide bonds. The van der Waals surface area contributed by atoms with Crippen LogP contribution in [0.25, 0.3) is 0 Å². The lowest BCUT2D eigenvalue weighted by atomic mass is 10.1. The molecule has 7 nitrogen and oxygen atoms in total. The summed E-state index contributed by atoms with van der Waals surface area (Å²) in [6.07, 6.45) is 2.88. The van der Waals surface area contributed by atoms with Gasteiger partial charge in [0.25, 0.3) is 11.8 Å². The summed E-state index contributed by atoms with van der Waals surface area (Å²) in [7, 11) is 0. The van der Waals surface area contributed by atoms with Crippen LogP contribution in [-0.4, -0.2) is 54.0 Å². The Bertz CT molecular complexity index is 959. The second-order valence-corrected chi connectivity index (χ2v) is 8.71. The molecule has 0 radical (unpaired) electrons. The summed E-state index contributed by atoms with van der Waals surface area (Å²) in [5.74, 6) is -0.365. The average Bonchev–Trinajstić information content (AvgIpc) is 2.75. The Morgan fingerprint density at radius 3 is 2.47 bits per heavy atom. The second-order valence-electron chi connectivity index (χ2n) is 6.88. The summed E-state index contributed by atoms with van der Waals surface area (Å²) in [6, 6.07) is 9.88. The quantitative estimate of drug-likeness (QED) is 0.355. The molecule has 4 N–H and O–H groups in total. The number of hydrogen-bond acceptors (Lipinski definition) is 5. The molecule has 1 unspecified atom stereocenters. The Labute approximate surface area is 201 Å². The minimum Gasteiger partial charge on any atom is -0.508 e. The first kappa shape index (κ1) is 25.8. The third-order valence-electron chi connectivity index (χ3n) is 4.45. The first-order valence-corrected chi connectivity index (χ1v) is 12.1. The molecule has 2 aromatic carbocycles. The molecule has 2 rings (SSSR count). The van der Waals surface area contributed by atoms with E-state index in [9.17, 15) is 19.5 Å². The van der Waals surface area contributed by atoms with Crippen LogP contribution in [-0.2, 0) is 4.79 Å². The van der Waals surface area contributed by atoms with E-state index in [4.69, 9.17) is 23.2 Å². The van der Waals surface area contributed by atoms with Crippen molar-refractivity contribution in [2.45, 2.75) is 18.9 Å². The Kier molecular flexibility index (Phi) is 10.7. The lowest BCUT2D eigenvalue weighted by Crippen LogP contribution is -2.47. The van der Waals surface area contributed by atoms with Gasteiger partial charge in [-0.25, -0.2) is 0 Å². The molecule has 32 heavy (non-hydrogen) atoms. The number of benzene rings is 2. The highest BCUT2D eigenvalue weighted by molar-refractivity contribution is 7.98. The molecular weight excluding hydrogens is 473 g/mol. The maximum absolute atomic E-state index is 12.6. The zero-order chi connectivity index (χ0) is 23.5. The van der Waals surface area contributed by atoms with E-state index >= 15 is 0 Å². The van der Waals surface area contributed by atoms with Crippen molar-refractivity contribution in [3.63, 3.8) is 0 Å². The standard InChI is InChI=1S/C22H25Cl2N3O4S/c1-32-11-8-19(27-21(30)17-7-6-15(23)13-18(17)24)22(31)26-10-3-9-25-20(29)14-4-2-5-16(28)12-14/h2,4-7,12-13,19,28H,3,8-11H2,1H3,(H,25,29)(H,26,31)(H,27,30). The number of nitrogens with one attached hydrogen (secondary N) is 3. The molecule has 0 aliphatic heterocycles. The van der Waals surface area contributed by atoms with E-state index in [1.165, 1.54) is 24.3 Å². The highest BCUT2D eigenvalue weighted by Crippen LogP contribution is 2.21. The monoisotopic (exact) mass is 497 g/mol. The first-order valence-electron chi connectivity index (χ1n) is 9.91. The number of halogens is 2. The molecule has 0 fully saturated rings. The number of thioether (sulfide) groups is 1. The van der Waals surface area contributed by atoms with Crippen LogP contribution in [0, 0.1) is 0 Å². The van der Waals surface area contributed by atoms with Gasteiger partial charge in [0.05, 0.1) is 10.6 Å². The Morgan fingerprint density at radius 2 is 1.78 bits per heavy atom. The number of carbonyl (C=O) groups excluding carboxylic acids is 3. The van der Waals surface area contributed by atoms with Crippen molar-refractivity contribution in [3.05, 3.63) is 63.6 Å². The predicted molar refractivity (Wildman–Crippen MR) is 129 cm³/mol. The van der Waals surface area contributed by atoms with E-state index < -0.39 is 11.9 Å². The molecular formula is C22H25Cl2N3O4S. The molecule has 10 heteroatoms. The number of aromatic hydroxyl groups is 1. The van der Waals surface area contributed by atoms with Crippen molar-refractivity contribution in [3.8, 4) is 5.75 Å². The SMILES string of the molecule is CSCCC(NC(=O)c1ccc(Cl)cc1Cl)C(=O)NCCCNC(=O)c1cccc(O)c1. The molecule has 0 saturated heterocycles. The molecule has 0 saturated carbocycles.